The molecule has 1 amide bonds. The van der Waals surface area contributed by atoms with Gasteiger partial charge in [0, 0.05) is 43.0 Å². The molecule has 1 unspecified atom stereocenters. The van der Waals surface area contributed by atoms with E-state index in [2.05, 4.69) is 20.3 Å². The second-order valence-corrected chi connectivity index (χ2v) is 6.52. The molecular formula is C17H16F3N5O. The summed E-state index contributed by atoms with van der Waals surface area (Å²) in [6.07, 6.45) is 0.594. The van der Waals surface area contributed by atoms with Crippen LogP contribution in [0.5, 0.6) is 0 Å². The molecule has 0 radical (unpaired) electrons. The van der Waals surface area contributed by atoms with Crippen molar-refractivity contribution < 1.29 is 18.0 Å². The van der Waals surface area contributed by atoms with Crippen LogP contribution in [0.15, 0.2) is 30.6 Å². The van der Waals surface area contributed by atoms with Crippen LogP contribution in [0.1, 0.15) is 25.0 Å². The van der Waals surface area contributed by atoms with Crippen molar-refractivity contribution in [3.8, 4) is 11.4 Å². The average Bonchev–Trinajstić information content (AvgIpc) is 3.38. The molecule has 6 nitrogen and oxygen atoms in total. The Labute approximate surface area is 147 Å². The van der Waals surface area contributed by atoms with E-state index in [1.807, 2.05) is 0 Å². The van der Waals surface area contributed by atoms with Gasteiger partial charge in [0.05, 0.1) is 6.04 Å². The molecule has 0 spiro atoms. The summed E-state index contributed by atoms with van der Waals surface area (Å²) in [5.41, 5.74) is -0.582. The molecule has 1 atom stereocenters. The van der Waals surface area contributed by atoms with Crippen molar-refractivity contribution >= 4 is 11.7 Å². The highest BCUT2D eigenvalue weighted by Crippen LogP contribution is 2.33. The fourth-order valence-electron chi connectivity index (χ4n) is 3.07. The summed E-state index contributed by atoms with van der Waals surface area (Å²) in [5.74, 6) is 0.0622. The molecule has 2 aromatic heterocycles. The first-order chi connectivity index (χ1) is 12.4. The Bertz CT molecular complexity index is 823. The number of likely N-dealkylation sites (tertiary alicyclic amines) is 1. The van der Waals surface area contributed by atoms with Gasteiger partial charge in [0.1, 0.15) is 5.82 Å². The van der Waals surface area contributed by atoms with Crippen molar-refractivity contribution in [2.45, 2.75) is 37.5 Å². The minimum Gasteiger partial charge on any atom is -0.365 e. The smallest absolute Gasteiger partial charge is 0.365 e. The second-order valence-electron chi connectivity index (χ2n) is 6.52. The molecule has 2 fully saturated rings. The number of amides is 1. The molecule has 1 saturated heterocycles. The molecule has 1 saturated carbocycles. The van der Waals surface area contributed by atoms with E-state index < -0.39 is 11.9 Å². The fraction of sp³-hybridized carbons (Fsp3) is 0.412. The van der Waals surface area contributed by atoms with Crippen molar-refractivity contribution in [2.75, 3.05) is 11.9 Å². The third-order valence-corrected chi connectivity index (χ3v) is 4.45. The number of nitrogens with one attached hydrogen (secondary N) is 1. The quantitative estimate of drug-likeness (QED) is 0.904. The molecule has 9 heteroatoms. The topological polar surface area (TPSA) is 71.0 Å². The summed E-state index contributed by atoms with van der Waals surface area (Å²) >= 11 is 0. The van der Waals surface area contributed by atoms with Gasteiger partial charge in [0.15, 0.2) is 11.5 Å². The lowest BCUT2D eigenvalue weighted by molar-refractivity contribution is -0.141. The van der Waals surface area contributed by atoms with Crippen molar-refractivity contribution in [3.05, 3.63) is 36.3 Å². The Morgan fingerprint density at radius 2 is 1.88 bits per heavy atom. The highest BCUT2D eigenvalue weighted by molar-refractivity contribution is 5.80. The third kappa shape index (κ3) is 3.47. The predicted molar refractivity (Wildman–Crippen MR) is 87.0 cm³/mol. The van der Waals surface area contributed by atoms with Crippen LogP contribution in [0.4, 0.5) is 19.0 Å². The molecule has 136 valence electrons. The van der Waals surface area contributed by atoms with Crippen LogP contribution in [0.25, 0.3) is 11.4 Å². The van der Waals surface area contributed by atoms with Crippen LogP contribution in [-0.4, -0.2) is 44.4 Å². The third-order valence-electron chi connectivity index (χ3n) is 4.45. The van der Waals surface area contributed by atoms with Gasteiger partial charge in [-0.15, -0.1) is 0 Å². The van der Waals surface area contributed by atoms with E-state index in [1.54, 1.807) is 17.0 Å². The number of hydrogen-bond acceptors (Lipinski definition) is 5. The average molecular weight is 363 g/mol. The molecule has 1 aliphatic heterocycles. The normalized spacial score (nSPS) is 20.5. The molecular weight excluding hydrogens is 347 g/mol. The molecule has 3 heterocycles. The lowest BCUT2D eigenvalue weighted by Crippen LogP contribution is -2.30. The van der Waals surface area contributed by atoms with Gasteiger partial charge in [0.25, 0.3) is 0 Å². The minimum absolute atomic E-state index is 0.0319. The van der Waals surface area contributed by atoms with Gasteiger partial charge in [0.2, 0.25) is 5.91 Å². The van der Waals surface area contributed by atoms with Crippen LogP contribution in [0.2, 0.25) is 0 Å². The second kappa shape index (κ2) is 6.22. The molecule has 1 aliphatic carbocycles. The number of aromatic nitrogens is 3. The number of halogens is 3. The van der Waals surface area contributed by atoms with Crippen LogP contribution >= 0.6 is 0 Å². The molecule has 2 aliphatic rings. The van der Waals surface area contributed by atoms with E-state index in [0.717, 1.165) is 18.9 Å². The van der Waals surface area contributed by atoms with E-state index in [1.165, 1.54) is 12.4 Å². The molecule has 0 aromatic carbocycles. The number of carbonyl (C=O) groups excluding carboxylic acids is 1. The standard InChI is InChI=1S/C17H16F3N5O/c18-17(19,20)13-8-14(24-16(23-13)10-3-5-21-6-4-10)22-11-7-15(26)25(9-11)12-1-2-12/h3-6,8,11-12H,1-2,7,9H2,(H,22,23,24). The van der Waals surface area contributed by atoms with Crippen LogP contribution in [-0.2, 0) is 11.0 Å². The van der Waals surface area contributed by atoms with E-state index >= 15 is 0 Å². The number of anilines is 1. The lowest BCUT2D eigenvalue weighted by Gasteiger charge is -2.17. The van der Waals surface area contributed by atoms with Crippen LogP contribution in [0.3, 0.4) is 0 Å². The summed E-state index contributed by atoms with van der Waals surface area (Å²) in [6, 6.07) is 4.01. The van der Waals surface area contributed by atoms with Crippen molar-refractivity contribution in [1.82, 2.24) is 19.9 Å². The SMILES string of the molecule is O=C1CC(Nc2cc(C(F)(F)F)nc(-c3ccncc3)n2)CN1C1CC1. The number of rotatable bonds is 4. The zero-order chi connectivity index (χ0) is 18.3. The van der Waals surface area contributed by atoms with E-state index in [0.29, 0.717) is 12.1 Å². The van der Waals surface area contributed by atoms with Crippen LogP contribution < -0.4 is 5.32 Å². The van der Waals surface area contributed by atoms with Crippen LogP contribution in [0, 0.1) is 0 Å². The first-order valence-electron chi connectivity index (χ1n) is 8.33. The summed E-state index contributed by atoms with van der Waals surface area (Å²) < 4.78 is 39.7. The van der Waals surface area contributed by atoms with Crippen molar-refractivity contribution in [2.24, 2.45) is 0 Å². The maximum atomic E-state index is 13.2. The number of alkyl halides is 3. The van der Waals surface area contributed by atoms with Gasteiger partial charge in [-0.25, -0.2) is 9.97 Å². The van der Waals surface area contributed by atoms with Gasteiger partial charge in [-0.05, 0) is 25.0 Å². The monoisotopic (exact) mass is 363 g/mol. The summed E-state index contributed by atoms with van der Waals surface area (Å²) in [4.78, 5) is 25.5. The maximum absolute atomic E-state index is 13.2. The van der Waals surface area contributed by atoms with E-state index in [4.69, 9.17) is 0 Å². The molecule has 26 heavy (non-hydrogen) atoms. The lowest BCUT2D eigenvalue weighted by atomic mass is 10.2. The van der Waals surface area contributed by atoms with Gasteiger partial charge >= 0.3 is 6.18 Å². The predicted octanol–water partition coefficient (Wildman–Crippen LogP) is 2.73. The van der Waals surface area contributed by atoms with Crippen molar-refractivity contribution in [1.29, 1.82) is 0 Å². The van der Waals surface area contributed by atoms with Crippen molar-refractivity contribution in [3.63, 3.8) is 0 Å². The maximum Gasteiger partial charge on any atom is 0.433 e. The Morgan fingerprint density at radius 1 is 1.15 bits per heavy atom. The first kappa shape index (κ1) is 16.7. The minimum atomic E-state index is -4.59. The number of hydrogen-bond donors (Lipinski definition) is 1. The molecule has 2 aromatic rings. The van der Waals surface area contributed by atoms with E-state index in [9.17, 15) is 18.0 Å². The highest BCUT2D eigenvalue weighted by atomic mass is 19.4. The Hall–Kier alpha value is -2.71. The van der Waals surface area contributed by atoms with Gasteiger partial charge < -0.3 is 10.2 Å². The largest absolute Gasteiger partial charge is 0.433 e. The zero-order valence-corrected chi connectivity index (χ0v) is 13.7. The molecule has 0 bridgehead atoms. The fourth-order valence-corrected chi connectivity index (χ4v) is 3.07. The number of carbonyl (C=O) groups is 1. The summed E-state index contributed by atoms with van der Waals surface area (Å²) in [6.45, 7) is 0.486. The number of nitrogens with zero attached hydrogens (tertiary/aromatic N) is 4. The highest BCUT2D eigenvalue weighted by Gasteiger charge is 2.40. The summed E-state index contributed by atoms with van der Waals surface area (Å²) in [5, 5.41) is 2.98. The zero-order valence-electron chi connectivity index (χ0n) is 13.7. The Morgan fingerprint density at radius 3 is 2.54 bits per heavy atom. The number of pyridine rings is 1. The van der Waals surface area contributed by atoms with Gasteiger partial charge in [-0.1, -0.05) is 0 Å². The molecule has 1 N–H and O–H groups in total. The summed E-state index contributed by atoms with van der Waals surface area (Å²) in [7, 11) is 0. The van der Waals surface area contributed by atoms with Gasteiger partial charge in [-0.3, -0.25) is 9.78 Å². The first-order valence-corrected chi connectivity index (χ1v) is 8.33. The Balaban J connectivity index is 1.62. The van der Waals surface area contributed by atoms with Gasteiger partial charge in [-0.2, -0.15) is 13.2 Å². The molecule has 4 rings (SSSR count). The Kier molecular flexibility index (Phi) is 4.01. The van der Waals surface area contributed by atoms with E-state index in [-0.39, 0.29) is 36.1 Å².